The number of benzene rings is 2. The molecule has 0 aliphatic rings. The summed E-state index contributed by atoms with van der Waals surface area (Å²) < 4.78 is 0. The average Bonchev–Trinajstić information content (AvgIpc) is 2.79. The van der Waals surface area contributed by atoms with Crippen LogP contribution in [0.3, 0.4) is 0 Å². The van der Waals surface area contributed by atoms with E-state index >= 15 is 0 Å². The summed E-state index contributed by atoms with van der Waals surface area (Å²) in [6.45, 7) is 0. The maximum atomic E-state index is 5.80. The van der Waals surface area contributed by atoms with Crippen molar-refractivity contribution in [3.63, 3.8) is 0 Å². The van der Waals surface area contributed by atoms with Gasteiger partial charge < -0.3 is 0 Å². The third-order valence-corrected chi connectivity index (χ3v) is 2.97. The highest BCUT2D eigenvalue weighted by Gasteiger charge is 2.08. The molecule has 0 saturated heterocycles. The number of aromatic nitrogens is 3. The van der Waals surface area contributed by atoms with Crippen LogP contribution >= 0.6 is 11.6 Å². The zero-order chi connectivity index (χ0) is 11.0. The lowest BCUT2D eigenvalue weighted by Crippen LogP contribution is -1.89. The molecule has 3 nitrogen and oxygen atoms in total. The third-order valence-electron chi connectivity index (χ3n) is 2.78. The number of fused-ring (bicyclic) bond motifs is 3. The van der Waals surface area contributed by atoms with Crippen molar-refractivity contribution in [1.82, 2.24) is 15.4 Å². The second-order valence-corrected chi connectivity index (χ2v) is 4.11. The van der Waals surface area contributed by atoms with E-state index in [0.717, 1.165) is 28.4 Å². The molecule has 4 heteroatoms. The number of aromatic amines is 1. The van der Waals surface area contributed by atoms with Crippen LogP contribution in [0, 0.1) is 0 Å². The van der Waals surface area contributed by atoms with Crippen molar-refractivity contribution >= 4 is 33.4 Å². The summed E-state index contributed by atoms with van der Waals surface area (Å²) in [5.41, 5.74) is 3.08. The fourth-order valence-corrected chi connectivity index (χ4v) is 2.24. The van der Waals surface area contributed by atoms with E-state index in [0.29, 0.717) is 5.88 Å². The minimum atomic E-state index is 0.598. The second kappa shape index (κ2) is 3.76. The van der Waals surface area contributed by atoms with Gasteiger partial charge in [-0.15, -0.1) is 16.7 Å². The van der Waals surface area contributed by atoms with Crippen molar-refractivity contribution in [3.05, 3.63) is 35.9 Å². The summed E-state index contributed by atoms with van der Waals surface area (Å²) in [6, 6.07) is 10.4. The van der Waals surface area contributed by atoms with Crippen molar-refractivity contribution in [2.24, 2.45) is 0 Å². The maximum Gasteiger partial charge on any atom is 0.116 e. The Bertz CT molecular complexity index is 645. The van der Waals surface area contributed by atoms with Gasteiger partial charge in [0.1, 0.15) is 5.52 Å². The quantitative estimate of drug-likeness (QED) is 0.689. The van der Waals surface area contributed by atoms with Crippen molar-refractivity contribution in [1.29, 1.82) is 0 Å². The summed E-state index contributed by atoms with van der Waals surface area (Å²) in [6.07, 6.45) is 0.815. The van der Waals surface area contributed by atoms with Crippen LogP contribution in [-0.2, 0) is 6.42 Å². The van der Waals surface area contributed by atoms with E-state index in [1.165, 1.54) is 5.39 Å². The van der Waals surface area contributed by atoms with Crippen molar-refractivity contribution < 1.29 is 0 Å². The molecule has 1 N–H and O–H groups in total. The fraction of sp³-hybridized carbons (Fsp3) is 0.167. The number of halogens is 1. The van der Waals surface area contributed by atoms with Crippen LogP contribution < -0.4 is 0 Å². The summed E-state index contributed by atoms with van der Waals surface area (Å²) in [5.74, 6) is 0.598. The van der Waals surface area contributed by atoms with E-state index in [4.69, 9.17) is 11.6 Å². The van der Waals surface area contributed by atoms with Gasteiger partial charge in [0.2, 0.25) is 0 Å². The Morgan fingerprint density at radius 1 is 1.25 bits per heavy atom. The molecule has 0 atom stereocenters. The summed E-state index contributed by atoms with van der Waals surface area (Å²) in [7, 11) is 0. The minimum absolute atomic E-state index is 0.598. The number of hydrogen-bond acceptors (Lipinski definition) is 2. The highest BCUT2D eigenvalue weighted by Crippen LogP contribution is 2.25. The Kier molecular flexibility index (Phi) is 2.26. The zero-order valence-corrected chi connectivity index (χ0v) is 9.33. The second-order valence-electron chi connectivity index (χ2n) is 3.73. The largest absolute Gasteiger partial charge is 0.257 e. The molecule has 0 radical (unpaired) electrons. The SMILES string of the molecule is ClCCc1cc2ccccc2c2[nH]nnc12. The van der Waals surface area contributed by atoms with Crippen LogP contribution in [0.1, 0.15) is 5.56 Å². The van der Waals surface area contributed by atoms with Crippen LogP contribution in [0.15, 0.2) is 30.3 Å². The first-order chi connectivity index (χ1) is 7.90. The number of rotatable bonds is 2. The van der Waals surface area contributed by atoms with Crippen molar-refractivity contribution in [2.45, 2.75) is 6.42 Å². The molecule has 0 aliphatic heterocycles. The molecule has 3 rings (SSSR count). The van der Waals surface area contributed by atoms with Gasteiger partial charge in [0.05, 0.1) is 5.52 Å². The molecule has 0 spiro atoms. The molecular formula is C12H10ClN3. The van der Waals surface area contributed by atoms with Gasteiger partial charge in [-0.3, -0.25) is 5.10 Å². The highest BCUT2D eigenvalue weighted by molar-refractivity contribution is 6.18. The first-order valence-electron chi connectivity index (χ1n) is 5.17. The summed E-state index contributed by atoms with van der Waals surface area (Å²) in [4.78, 5) is 0. The number of nitrogens with one attached hydrogen (secondary N) is 1. The molecule has 1 heterocycles. The van der Waals surface area contributed by atoms with Crippen LogP contribution in [0.4, 0.5) is 0 Å². The van der Waals surface area contributed by atoms with Crippen LogP contribution in [-0.4, -0.2) is 21.3 Å². The topological polar surface area (TPSA) is 41.6 Å². The molecule has 3 aromatic rings. The lowest BCUT2D eigenvalue weighted by Gasteiger charge is -2.03. The lowest BCUT2D eigenvalue weighted by molar-refractivity contribution is 0.957. The zero-order valence-electron chi connectivity index (χ0n) is 8.57. The van der Waals surface area contributed by atoms with Gasteiger partial charge in [0, 0.05) is 11.3 Å². The van der Waals surface area contributed by atoms with Gasteiger partial charge in [-0.05, 0) is 23.4 Å². The van der Waals surface area contributed by atoms with Gasteiger partial charge in [0.25, 0.3) is 0 Å². The predicted molar refractivity (Wildman–Crippen MR) is 65.8 cm³/mol. The molecule has 2 aromatic carbocycles. The van der Waals surface area contributed by atoms with E-state index in [2.05, 4.69) is 33.6 Å². The molecule has 0 unspecified atom stereocenters. The Balaban J connectivity index is 2.43. The molecule has 0 aliphatic carbocycles. The first kappa shape index (κ1) is 9.60. The third kappa shape index (κ3) is 1.36. The average molecular weight is 232 g/mol. The van der Waals surface area contributed by atoms with Gasteiger partial charge in [-0.1, -0.05) is 29.5 Å². The lowest BCUT2D eigenvalue weighted by atomic mass is 10.0. The van der Waals surface area contributed by atoms with E-state index < -0.39 is 0 Å². The molecule has 80 valence electrons. The molecule has 0 amide bonds. The number of nitrogens with zero attached hydrogens (tertiary/aromatic N) is 2. The summed E-state index contributed by atoms with van der Waals surface area (Å²) >= 11 is 5.80. The molecule has 16 heavy (non-hydrogen) atoms. The molecular weight excluding hydrogens is 222 g/mol. The Labute approximate surface area is 97.4 Å². The van der Waals surface area contributed by atoms with E-state index in [1.807, 2.05) is 12.1 Å². The monoisotopic (exact) mass is 231 g/mol. The van der Waals surface area contributed by atoms with Crippen molar-refractivity contribution in [3.8, 4) is 0 Å². The van der Waals surface area contributed by atoms with E-state index in [1.54, 1.807) is 0 Å². The Morgan fingerprint density at radius 3 is 3.00 bits per heavy atom. The minimum Gasteiger partial charge on any atom is -0.257 e. The Morgan fingerprint density at radius 2 is 2.12 bits per heavy atom. The standard InChI is InChI=1S/C12H10ClN3/c13-6-5-9-7-8-3-1-2-4-10(8)12-11(9)14-16-15-12/h1-4,7H,5-6H2,(H,14,15,16). The molecule has 0 fully saturated rings. The number of H-pyrrole nitrogens is 1. The van der Waals surface area contributed by atoms with E-state index in [9.17, 15) is 0 Å². The van der Waals surface area contributed by atoms with Gasteiger partial charge in [-0.25, -0.2) is 0 Å². The molecule has 1 aromatic heterocycles. The van der Waals surface area contributed by atoms with Gasteiger partial charge in [0.15, 0.2) is 0 Å². The smallest absolute Gasteiger partial charge is 0.116 e. The summed E-state index contributed by atoms with van der Waals surface area (Å²) in [5, 5.41) is 13.3. The van der Waals surface area contributed by atoms with E-state index in [-0.39, 0.29) is 0 Å². The maximum absolute atomic E-state index is 5.80. The van der Waals surface area contributed by atoms with Crippen molar-refractivity contribution in [2.75, 3.05) is 5.88 Å². The van der Waals surface area contributed by atoms with Crippen LogP contribution in [0.5, 0.6) is 0 Å². The predicted octanol–water partition coefficient (Wildman–Crippen LogP) is 2.89. The fourth-order valence-electron chi connectivity index (χ4n) is 2.04. The van der Waals surface area contributed by atoms with Gasteiger partial charge in [-0.2, -0.15) is 0 Å². The first-order valence-corrected chi connectivity index (χ1v) is 5.71. The Hall–Kier alpha value is -1.61. The molecule has 0 saturated carbocycles. The van der Waals surface area contributed by atoms with Gasteiger partial charge >= 0.3 is 0 Å². The molecule has 0 bridgehead atoms. The number of alkyl halides is 1. The number of hydrogen-bond donors (Lipinski definition) is 1. The number of aryl methyl sites for hydroxylation is 1. The van der Waals surface area contributed by atoms with Crippen LogP contribution in [0.2, 0.25) is 0 Å². The normalized spacial score (nSPS) is 11.3. The highest BCUT2D eigenvalue weighted by atomic mass is 35.5. The van der Waals surface area contributed by atoms with Crippen LogP contribution in [0.25, 0.3) is 21.8 Å².